The van der Waals surface area contributed by atoms with Crippen LogP contribution in [0.25, 0.3) is 0 Å². The third kappa shape index (κ3) is 24.5. The average molecular weight is 190 g/mol. The van der Waals surface area contributed by atoms with Crippen LogP contribution in [0.4, 0.5) is 0 Å². The Bertz CT molecular complexity index is 57.1. The van der Waals surface area contributed by atoms with Crippen molar-refractivity contribution in [2.75, 3.05) is 13.2 Å². The van der Waals surface area contributed by atoms with E-state index in [1.807, 2.05) is 0 Å². The van der Waals surface area contributed by atoms with E-state index in [2.05, 4.69) is 13.8 Å². The molecule has 0 aliphatic carbocycles. The summed E-state index contributed by atoms with van der Waals surface area (Å²) in [5, 5.41) is 16.4. The maximum Gasteiger partial charge on any atom is 0.0431 e. The lowest BCUT2D eigenvalue weighted by Crippen LogP contribution is -1.85. The lowest BCUT2D eigenvalue weighted by Gasteiger charge is -1.90. The van der Waals surface area contributed by atoms with Gasteiger partial charge in [0, 0.05) is 13.2 Å². The highest BCUT2D eigenvalue weighted by Gasteiger charge is 1.81. The Morgan fingerprint density at radius 2 is 1.00 bits per heavy atom. The van der Waals surface area contributed by atoms with Crippen molar-refractivity contribution in [3.63, 3.8) is 0 Å². The van der Waals surface area contributed by atoms with E-state index in [0.29, 0.717) is 0 Å². The maximum atomic E-state index is 8.21. The first-order valence-electron chi connectivity index (χ1n) is 5.55. The molecule has 0 saturated carbocycles. The number of unbranched alkanes of at least 4 members (excludes halogenated alkanes) is 5. The zero-order valence-corrected chi connectivity index (χ0v) is 9.26. The molecule has 0 heterocycles. The van der Waals surface area contributed by atoms with Gasteiger partial charge in [-0.2, -0.15) is 0 Å². The first kappa shape index (κ1) is 15.4. The standard InChI is InChI=1S/C6H14.C5H12O2/c1-3-5-6-4-2;6-4-2-1-3-5-7/h3-6H2,1-2H3;6-7H,1-5H2. The Morgan fingerprint density at radius 3 is 1.23 bits per heavy atom. The van der Waals surface area contributed by atoms with E-state index in [0.717, 1.165) is 19.3 Å². The highest BCUT2D eigenvalue weighted by atomic mass is 16.3. The van der Waals surface area contributed by atoms with Crippen molar-refractivity contribution >= 4 is 0 Å². The van der Waals surface area contributed by atoms with Crippen LogP contribution in [-0.2, 0) is 0 Å². The second-order valence-corrected chi connectivity index (χ2v) is 3.21. The van der Waals surface area contributed by atoms with Gasteiger partial charge in [-0.05, 0) is 19.3 Å². The van der Waals surface area contributed by atoms with E-state index >= 15 is 0 Å². The van der Waals surface area contributed by atoms with Crippen molar-refractivity contribution in [1.82, 2.24) is 0 Å². The molecule has 0 fully saturated rings. The Kier molecular flexibility index (Phi) is 21.2. The molecule has 13 heavy (non-hydrogen) atoms. The summed E-state index contributed by atoms with van der Waals surface area (Å²) in [6, 6.07) is 0. The van der Waals surface area contributed by atoms with E-state index in [9.17, 15) is 0 Å². The van der Waals surface area contributed by atoms with Crippen LogP contribution in [-0.4, -0.2) is 23.4 Å². The smallest absolute Gasteiger partial charge is 0.0431 e. The summed E-state index contributed by atoms with van der Waals surface area (Å²) < 4.78 is 0. The highest BCUT2D eigenvalue weighted by Crippen LogP contribution is 1.95. The van der Waals surface area contributed by atoms with Gasteiger partial charge >= 0.3 is 0 Å². The zero-order valence-electron chi connectivity index (χ0n) is 9.26. The summed E-state index contributed by atoms with van der Waals surface area (Å²) >= 11 is 0. The van der Waals surface area contributed by atoms with Crippen LogP contribution in [0.2, 0.25) is 0 Å². The molecule has 0 unspecified atom stereocenters. The normalized spacial score (nSPS) is 9.23. The molecule has 0 aromatic heterocycles. The summed E-state index contributed by atoms with van der Waals surface area (Å²) in [6.07, 6.45) is 8.11. The molecule has 2 N–H and O–H groups in total. The molecular weight excluding hydrogens is 164 g/mol. The Balaban J connectivity index is 0. The second kappa shape index (κ2) is 17.9. The van der Waals surface area contributed by atoms with Gasteiger partial charge in [-0.3, -0.25) is 0 Å². The fourth-order valence-corrected chi connectivity index (χ4v) is 0.900. The summed E-state index contributed by atoms with van der Waals surface area (Å²) in [5.41, 5.74) is 0. The Hall–Kier alpha value is -0.0800. The van der Waals surface area contributed by atoms with E-state index in [-0.39, 0.29) is 13.2 Å². The number of aliphatic hydroxyl groups is 2. The highest BCUT2D eigenvalue weighted by molar-refractivity contribution is 4.35. The minimum Gasteiger partial charge on any atom is -0.396 e. The molecule has 0 rings (SSSR count). The minimum absolute atomic E-state index is 0.250. The quantitative estimate of drug-likeness (QED) is 0.606. The number of aliphatic hydroxyl groups excluding tert-OH is 2. The molecule has 0 aliphatic heterocycles. The molecule has 0 aromatic rings. The van der Waals surface area contributed by atoms with E-state index in [1.165, 1.54) is 25.7 Å². The third-order valence-corrected chi connectivity index (χ3v) is 1.77. The number of rotatable bonds is 7. The summed E-state index contributed by atoms with van der Waals surface area (Å²) in [5.74, 6) is 0. The van der Waals surface area contributed by atoms with Crippen LogP contribution in [0, 0.1) is 0 Å². The van der Waals surface area contributed by atoms with Gasteiger partial charge in [0.1, 0.15) is 0 Å². The number of hydrogen-bond acceptors (Lipinski definition) is 2. The molecule has 0 amide bonds. The average Bonchev–Trinajstić information content (AvgIpc) is 2.17. The summed E-state index contributed by atoms with van der Waals surface area (Å²) in [4.78, 5) is 0. The fourth-order valence-electron chi connectivity index (χ4n) is 0.900. The number of hydrogen-bond donors (Lipinski definition) is 2. The van der Waals surface area contributed by atoms with Crippen molar-refractivity contribution in [2.24, 2.45) is 0 Å². The van der Waals surface area contributed by atoms with Crippen molar-refractivity contribution in [1.29, 1.82) is 0 Å². The van der Waals surface area contributed by atoms with Crippen molar-refractivity contribution < 1.29 is 10.2 Å². The molecule has 0 bridgehead atoms. The topological polar surface area (TPSA) is 40.5 Å². The van der Waals surface area contributed by atoms with Crippen molar-refractivity contribution in [3.8, 4) is 0 Å². The van der Waals surface area contributed by atoms with Gasteiger partial charge in [0.2, 0.25) is 0 Å². The second-order valence-electron chi connectivity index (χ2n) is 3.21. The van der Waals surface area contributed by atoms with Crippen LogP contribution >= 0.6 is 0 Å². The summed E-state index contributed by atoms with van der Waals surface area (Å²) in [6.45, 7) is 4.96. The largest absolute Gasteiger partial charge is 0.396 e. The monoisotopic (exact) mass is 190 g/mol. The van der Waals surface area contributed by atoms with Crippen LogP contribution in [0.3, 0.4) is 0 Å². The molecule has 2 heteroatoms. The SMILES string of the molecule is CCCCCC.OCCCCCO. The van der Waals surface area contributed by atoms with Gasteiger partial charge in [0.05, 0.1) is 0 Å². The Labute approximate surface area is 83.0 Å². The van der Waals surface area contributed by atoms with Crippen LogP contribution in [0.15, 0.2) is 0 Å². The zero-order chi connectivity index (χ0) is 10.4. The van der Waals surface area contributed by atoms with Crippen molar-refractivity contribution in [3.05, 3.63) is 0 Å². The molecular formula is C11H26O2. The Morgan fingerprint density at radius 1 is 0.615 bits per heavy atom. The van der Waals surface area contributed by atoms with Crippen LogP contribution in [0.5, 0.6) is 0 Å². The predicted octanol–water partition coefficient (Wildman–Crippen LogP) is 2.73. The molecule has 0 aliphatic rings. The van der Waals surface area contributed by atoms with Gasteiger partial charge in [0.25, 0.3) is 0 Å². The lowest BCUT2D eigenvalue weighted by molar-refractivity contribution is 0.257. The van der Waals surface area contributed by atoms with Gasteiger partial charge in [-0.25, -0.2) is 0 Å². The molecule has 82 valence electrons. The van der Waals surface area contributed by atoms with Gasteiger partial charge in [-0.15, -0.1) is 0 Å². The van der Waals surface area contributed by atoms with Crippen molar-refractivity contribution in [2.45, 2.75) is 58.8 Å². The first-order valence-corrected chi connectivity index (χ1v) is 5.55. The molecule has 0 atom stereocenters. The fraction of sp³-hybridized carbons (Fsp3) is 1.00. The molecule has 0 spiro atoms. The van der Waals surface area contributed by atoms with E-state index in [1.54, 1.807) is 0 Å². The first-order chi connectivity index (χ1) is 6.33. The predicted molar refractivity (Wildman–Crippen MR) is 57.8 cm³/mol. The van der Waals surface area contributed by atoms with E-state index in [4.69, 9.17) is 10.2 Å². The molecule has 0 saturated heterocycles. The maximum absolute atomic E-state index is 8.21. The molecule has 0 radical (unpaired) electrons. The minimum atomic E-state index is 0.250. The van der Waals surface area contributed by atoms with Gasteiger partial charge in [-0.1, -0.05) is 39.5 Å². The molecule has 0 aromatic carbocycles. The van der Waals surface area contributed by atoms with E-state index < -0.39 is 0 Å². The lowest BCUT2D eigenvalue weighted by atomic mass is 10.2. The van der Waals surface area contributed by atoms with Gasteiger partial charge in [0.15, 0.2) is 0 Å². The summed E-state index contributed by atoms with van der Waals surface area (Å²) in [7, 11) is 0. The van der Waals surface area contributed by atoms with Crippen LogP contribution in [0.1, 0.15) is 58.8 Å². The molecule has 2 nitrogen and oxygen atoms in total. The third-order valence-electron chi connectivity index (χ3n) is 1.77. The van der Waals surface area contributed by atoms with Crippen LogP contribution < -0.4 is 0 Å². The van der Waals surface area contributed by atoms with Gasteiger partial charge < -0.3 is 10.2 Å².